The van der Waals surface area contributed by atoms with Crippen LogP contribution >= 0.6 is 15.9 Å². The van der Waals surface area contributed by atoms with Crippen molar-refractivity contribution in [3.05, 3.63) is 27.7 Å². The predicted octanol–water partition coefficient (Wildman–Crippen LogP) is 1.27. The van der Waals surface area contributed by atoms with Gasteiger partial charge in [0.15, 0.2) is 0 Å². The van der Waals surface area contributed by atoms with Gasteiger partial charge in [0, 0.05) is 30.2 Å². The highest BCUT2D eigenvalue weighted by Gasteiger charge is 2.28. The molecule has 1 aromatic carbocycles. The number of carbonyl (C=O) groups excluding carboxylic acids is 1. The molecule has 116 valence electrons. The van der Waals surface area contributed by atoms with E-state index in [1.807, 2.05) is 0 Å². The van der Waals surface area contributed by atoms with Crippen LogP contribution in [0.2, 0.25) is 0 Å². The van der Waals surface area contributed by atoms with Crippen LogP contribution in [0, 0.1) is 6.92 Å². The first-order valence-corrected chi connectivity index (χ1v) is 8.73. The van der Waals surface area contributed by atoms with Gasteiger partial charge in [0.2, 0.25) is 10.0 Å². The number of halogens is 1. The molecule has 1 aliphatic rings. The molecule has 1 amide bonds. The van der Waals surface area contributed by atoms with Crippen LogP contribution in [0.1, 0.15) is 22.3 Å². The first kappa shape index (κ1) is 16.4. The fraction of sp³-hybridized carbons (Fsp3) is 0.462. The van der Waals surface area contributed by atoms with Gasteiger partial charge in [-0.25, -0.2) is 13.6 Å². The van der Waals surface area contributed by atoms with Crippen molar-refractivity contribution in [3.63, 3.8) is 0 Å². The summed E-state index contributed by atoms with van der Waals surface area (Å²) in [7, 11) is -2.28. The van der Waals surface area contributed by atoms with E-state index in [4.69, 9.17) is 9.88 Å². The molecule has 0 saturated carbocycles. The summed E-state index contributed by atoms with van der Waals surface area (Å²) < 4.78 is 28.8. The third kappa shape index (κ3) is 3.45. The van der Waals surface area contributed by atoms with E-state index in [0.29, 0.717) is 28.7 Å². The van der Waals surface area contributed by atoms with Gasteiger partial charge in [-0.1, -0.05) is 0 Å². The summed E-state index contributed by atoms with van der Waals surface area (Å²) in [6.45, 7) is 2.82. The zero-order valence-electron chi connectivity index (χ0n) is 11.8. The normalized spacial score (nSPS) is 19.0. The Morgan fingerprint density at radius 1 is 1.48 bits per heavy atom. The first-order valence-electron chi connectivity index (χ1n) is 6.39. The molecule has 1 atom stereocenters. The van der Waals surface area contributed by atoms with Gasteiger partial charge >= 0.3 is 0 Å². The molecule has 1 aliphatic heterocycles. The van der Waals surface area contributed by atoms with E-state index in [1.54, 1.807) is 25.0 Å². The number of carbonyl (C=O) groups is 1. The minimum absolute atomic E-state index is 0.0307. The van der Waals surface area contributed by atoms with Crippen LogP contribution in [0.5, 0.6) is 0 Å². The number of methoxy groups -OCH3 is 1. The van der Waals surface area contributed by atoms with Gasteiger partial charge in [0.05, 0.1) is 11.0 Å². The molecule has 8 heteroatoms. The number of rotatable bonds is 3. The van der Waals surface area contributed by atoms with E-state index in [9.17, 15) is 13.2 Å². The number of amides is 1. The van der Waals surface area contributed by atoms with Crippen molar-refractivity contribution < 1.29 is 17.9 Å². The number of hydrogen-bond donors (Lipinski definition) is 1. The van der Waals surface area contributed by atoms with Crippen molar-refractivity contribution in [2.45, 2.75) is 24.3 Å². The fourth-order valence-electron chi connectivity index (χ4n) is 2.36. The Labute approximate surface area is 132 Å². The standard InChI is InChI=1S/C13H17BrN2O4S/c1-8-5-9(6-11(12(8)14)21(15,18)19)13(17)16-4-3-10(7-16)20-2/h5-6,10H,3-4,7H2,1-2H3,(H2,15,18,19). The average molecular weight is 377 g/mol. The molecule has 2 rings (SSSR count). The van der Waals surface area contributed by atoms with Crippen LogP contribution in [0.25, 0.3) is 0 Å². The molecule has 0 radical (unpaired) electrons. The Kier molecular flexibility index (Phi) is 4.72. The fourth-order valence-corrected chi connectivity index (χ4v) is 3.96. The van der Waals surface area contributed by atoms with Crippen LogP contribution in [0.3, 0.4) is 0 Å². The average Bonchev–Trinajstić information content (AvgIpc) is 2.88. The summed E-state index contributed by atoms with van der Waals surface area (Å²) in [4.78, 5) is 14.1. The van der Waals surface area contributed by atoms with E-state index in [2.05, 4.69) is 15.9 Å². The molecule has 1 heterocycles. The number of nitrogens with zero attached hydrogens (tertiary/aromatic N) is 1. The van der Waals surface area contributed by atoms with E-state index in [1.165, 1.54) is 6.07 Å². The minimum atomic E-state index is -3.89. The molecule has 0 aromatic heterocycles. The molecule has 6 nitrogen and oxygen atoms in total. The minimum Gasteiger partial charge on any atom is -0.380 e. The maximum atomic E-state index is 12.5. The number of benzene rings is 1. The molecule has 0 bridgehead atoms. The summed E-state index contributed by atoms with van der Waals surface area (Å²) in [5, 5.41) is 5.19. The van der Waals surface area contributed by atoms with Crippen molar-refractivity contribution in [1.82, 2.24) is 4.90 Å². The van der Waals surface area contributed by atoms with Crippen LogP contribution in [0.4, 0.5) is 0 Å². The van der Waals surface area contributed by atoms with Crippen LogP contribution in [-0.2, 0) is 14.8 Å². The molecule has 1 saturated heterocycles. The predicted molar refractivity (Wildman–Crippen MR) is 81.6 cm³/mol. The maximum Gasteiger partial charge on any atom is 0.253 e. The zero-order chi connectivity index (χ0) is 15.8. The van der Waals surface area contributed by atoms with E-state index in [-0.39, 0.29) is 16.9 Å². The lowest BCUT2D eigenvalue weighted by molar-refractivity contribution is 0.0724. The van der Waals surface area contributed by atoms with Crippen molar-refractivity contribution in [1.29, 1.82) is 0 Å². The van der Waals surface area contributed by atoms with Crippen molar-refractivity contribution in [2.75, 3.05) is 20.2 Å². The van der Waals surface area contributed by atoms with Gasteiger partial charge < -0.3 is 9.64 Å². The smallest absolute Gasteiger partial charge is 0.253 e. The SMILES string of the molecule is COC1CCN(C(=O)c2cc(C)c(Br)c(S(N)(=O)=O)c2)C1. The number of aryl methyl sites for hydroxylation is 1. The molecular formula is C13H17BrN2O4S. The molecule has 1 aromatic rings. The Bertz CT molecular complexity index is 675. The maximum absolute atomic E-state index is 12.5. The second kappa shape index (κ2) is 6.04. The summed E-state index contributed by atoms with van der Waals surface area (Å²) in [6, 6.07) is 2.97. The van der Waals surface area contributed by atoms with Gasteiger partial charge in [-0.3, -0.25) is 4.79 Å². The Hall–Kier alpha value is -0.960. The largest absolute Gasteiger partial charge is 0.380 e. The van der Waals surface area contributed by atoms with Crippen LogP contribution < -0.4 is 5.14 Å². The lowest BCUT2D eigenvalue weighted by atomic mass is 10.1. The Balaban J connectivity index is 2.37. The van der Waals surface area contributed by atoms with E-state index in [0.717, 1.165) is 6.42 Å². The quantitative estimate of drug-likeness (QED) is 0.859. The van der Waals surface area contributed by atoms with E-state index >= 15 is 0 Å². The van der Waals surface area contributed by atoms with Crippen molar-refractivity contribution in [2.24, 2.45) is 5.14 Å². The zero-order valence-corrected chi connectivity index (χ0v) is 14.2. The summed E-state index contributed by atoms with van der Waals surface area (Å²) in [6.07, 6.45) is 0.808. The highest BCUT2D eigenvalue weighted by Crippen LogP contribution is 2.27. The highest BCUT2D eigenvalue weighted by molar-refractivity contribution is 9.10. The van der Waals surface area contributed by atoms with Gasteiger partial charge in [-0.2, -0.15) is 0 Å². The molecule has 2 N–H and O–H groups in total. The Morgan fingerprint density at radius 3 is 2.67 bits per heavy atom. The second-order valence-corrected chi connectivity index (χ2v) is 7.37. The summed E-state index contributed by atoms with van der Waals surface area (Å²) in [5.74, 6) is -0.213. The topological polar surface area (TPSA) is 89.7 Å². The number of primary sulfonamides is 1. The molecule has 0 aliphatic carbocycles. The number of nitrogens with two attached hydrogens (primary N) is 1. The third-order valence-electron chi connectivity index (χ3n) is 3.54. The number of hydrogen-bond acceptors (Lipinski definition) is 4. The van der Waals surface area contributed by atoms with Crippen LogP contribution in [0.15, 0.2) is 21.5 Å². The second-order valence-electron chi connectivity index (χ2n) is 5.05. The monoisotopic (exact) mass is 376 g/mol. The highest BCUT2D eigenvalue weighted by atomic mass is 79.9. The van der Waals surface area contributed by atoms with Crippen molar-refractivity contribution in [3.8, 4) is 0 Å². The number of likely N-dealkylation sites (tertiary alicyclic amines) is 1. The van der Waals surface area contributed by atoms with Crippen LogP contribution in [-0.4, -0.2) is 45.5 Å². The van der Waals surface area contributed by atoms with Gasteiger partial charge in [0.1, 0.15) is 0 Å². The lowest BCUT2D eigenvalue weighted by Crippen LogP contribution is -2.30. The molecular weight excluding hydrogens is 360 g/mol. The van der Waals surface area contributed by atoms with Gasteiger partial charge in [-0.15, -0.1) is 0 Å². The molecule has 0 spiro atoms. The van der Waals surface area contributed by atoms with E-state index < -0.39 is 10.0 Å². The van der Waals surface area contributed by atoms with Gasteiger partial charge in [0.25, 0.3) is 5.91 Å². The summed E-state index contributed by atoms with van der Waals surface area (Å²) in [5.41, 5.74) is 0.962. The number of sulfonamides is 1. The first-order chi connectivity index (χ1) is 9.74. The Morgan fingerprint density at radius 2 is 2.14 bits per heavy atom. The molecule has 1 fully saturated rings. The number of ether oxygens (including phenoxy) is 1. The van der Waals surface area contributed by atoms with Crippen molar-refractivity contribution >= 4 is 31.9 Å². The lowest BCUT2D eigenvalue weighted by Gasteiger charge is -2.17. The molecule has 21 heavy (non-hydrogen) atoms. The third-order valence-corrected chi connectivity index (χ3v) is 5.79. The summed E-state index contributed by atoms with van der Waals surface area (Å²) >= 11 is 3.20. The van der Waals surface area contributed by atoms with Gasteiger partial charge in [-0.05, 0) is 47.0 Å². The molecule has 1 unspecified atom stereocenters.